The number of aromatic nitrogens is 3. The Morgan fingerprint density at radius 3 is 2.88 bits per heavy atom. The summed E-state index contributed by atoms with van der Waals surface area (Å²) < 4.78 is 7.12. The summed E-state index contributed by atoms with van der Waals surface area (Å²) in [7, 11) is 1.78. The van der Waals surface area contributed by atoms with Crippen molar-refractivity contribution in [1.29, 1.82) is 0 Å². The van der Waals surface area contributed by atoms with Crippen LogP contribution in [0.15, 0.2) is 29.4 Å². The number of ether oxygens (including phenoxy) is 1. The number of nitrogens with one attached hydrogen (secondary N) is 1. The fourth-order valence-electron chi connectivity index (χ4n) is 3.27. The van der Waals surface area contributed by atoms with Crippen LogP contribution in [-0.2, 0) is 16.0 Å². The minimum atomic E-state index is -0.0752. The highest BCUT2D eigenvalue weighted by molar-refractivity contribution is 5.80. The molecule has 1 aliphatic rings. The topological polar surface area (TPSA) is 84.1 Å². The lowest BCUT2D eigenvalue weighted by Crippen LogP contribution is -2.47. The molecule has 1 fully saturated rings. The monoisotopic (exact) mass is 358 g/mol. The van der Waals surface area contributed by atoms with Gasteiger partial charge >= 0.3 is 5.97 Å². The van der Waals surface area contributed by atoms with Crippen molar-refractivity contribution in [3.63, 3.8) is 0 Å². The Kier molecular flexibility index (Phi) is 6.04. The first-order valence-electron chi connectivity index (χ1n) is 9.13. The van der Waals surface area contributed by atoms with E-state index in [1.807, 2.05) is 35.7 Å². The van der Waals surface area contributed by atoms with Gasteiger partial charge in [-0.2, -0.15) is 0 Å². The highest BCUT2D eigenvalue weighted by Gasteiger charge is 2.27. The van der Waals surface area contributed by atoms with Gasteiger partial charge in [0, 0.05) is 39.3 Å². The largest absolute Gasteiger partial charge is 0.466 e. The van der Waals surface area contributed by atoms with Gasteiger partial charge in [-0.25, -0.2) is 0 Å². The Bertz CT molecular complexity index is 764. The van der Waals surface area contributed by atoms with Crippen molar-refractivity contribution in [3.8, 4) is 0 Å². The van der Waals surface area contributed by atoms with Gasteiger partial charge < -0.3 is 15.0 Å². The van der Waals surface area contributed by atoms with E-state index in [-0.39, 0.29) is 11.9 Å². The smallest absolute Gasteiger partial charge is 0.309 e. The molecule has 1 N–H and O–H groups in total. The third-order valence-electron chi connectivity index (χ3n) is 4.64. The van der Waals surface area contributed by atoms with Gasteiger partial charge in [0.25, 0.3) is 0 Å². The molecule has 1 aliphatic heterocycles. The van der Waals surface area contributed by atoms with Gasteiger partial charge in [0.05, 0.1) is 12.5 Å². The molecule has 1 saturated heterocycles. The third kappa shape index (κ3) is 4.12. The number of rotatable bonds is 5. The van der Waals surface area contributed by atoms with Gasteiger partial charge in [-0.1, -0.05) is 6.07 Å². The van der Waals surface area contributed by atoms with Gasteiger partial charge in [0.2, 0.25) is 0 Å². The quantitative estimate of drug-likeness (QED) is 0.490. The Morgan fingerprint density at radius 1 is 1.35 bits per heavy atom. The van der Waals surface area contributed by atoms with E-state index in [4.69, 9.17) is 4.74 Å². The molecule has 3 rings (SSSR count). The average Bonchev–Trinajstić information content (AvgIpc) is 3.09. The molecule has 0 aliphatic carbocycles. The number of carbonyl (C=O) groups excluding carboxylic acids is 1. The summed E-state index contributed by atoms with van der Waals surface area (Å²) in [5.41, 5.74) is 0.855. The number of esters is 1. The van der Waals surface area contributed by atoms with Crippen LogP contribution in [0.2, 0.25) is 0 Å². The molecule has 0 spiro atoms. The number of nitrogens with zero attached hydrogens (tertiary/aromatic N) is 5. The standard InChI is InChI=1S/C18H26N6O2/c1-3-26-17(25)14-8-12-23(13-9-14)18(19-2)20-10-7-16-22-21-15-6-4-5-11-24(15)16/h4-6,11,14H,3,7-10,12-13H2,1-2H3,(H,19,20). The molecule has 2 aromatic rings. The summed E-state index contributed by atoms with van der Waals surface area (Å²) in [4.78, 5) is 18.4. The first kappa shape index (κ1) is 18.2. The van der Waals surface area contributed by atoms with Crippen LogP contribution in [0.4, 0.5) is 0 Å². The van der Waals surface area contributed by atoms with Crippen molar-refractivity contribution in [2.45, 2.75) is 26.2 Å². The molecular weight excluding hydrogens is 332 g/mol. The first-order chi connectivity index (χ1) is 12.7. The van der Waals surface area contributed by atoms with E-state index in [2.05, 4.69) is 25.4 Å². The number of fused-ring (bicyclic) bond motifs is 1. The van der Waals surface area contributed by atoms with Crippen LogP contribution in [0, 0.1) is 5.92 Å². The molecular formula is C18H26N6O2. The number of hydrogen-bond acceptors (Lipinski definition) is 5. The number of likely N-dealkylation sites (tertiary alicyclic amines) is 1. The second kappa shape index (κ2) is 8.64. The number of piperidine rings is 1. The molecule has 0 atom stereocenters. The highest BCUT2D eigenvalue weighted by Crippen LogP contribution is 2.18. The van der Waals surface area contributed by atoms with Crippen LogP contribution in [0.5, 0.6) is 0 Å². The van der Waals surface area contributed by atoms with Gasteiger partial charge in [0.15, 0.2) is 11.6 Å². The van der Waals surface area contributed by atoms with E-state index in [9.17, 15) is 4.79 Å². The fourth-order valence-corrected chi connectivity index (χ4v) is 3.27. The van der Waals surface area contributed by atoms with Crippen LogP contribution >= 0.6 is 0 Å². The summed E-state index contributed by atoms with van der Waals surface area (Å²) in [6.07, 6.45) is 4.33. The summed E-state index contributed by atoms with van der Waals surface area (Å²) in [5.74, 6) is 1.71. The van der Waals surface area contributed by atoms with Crippen LogP contribution in [0.3, 0.4) is 0 Å². The zero-order valence-electron chi connectivity index (χ0n) is 15.4. The molecule has 0 amide bonds. The van der Waals surface area contributed by atoms with Crippen molar-refractivity contribution in [1.82, 2.24) is 24.8 Å². The maximum atomic E-state index is 11.9. The van der Waals surface area contributed by atoms with E-state index in [0.717, 1.165) is 56.3 Å². The highest BCUT2D eigenvalue weighted by atomic mass is 16.5. The molecule has 0 radical (unpaired) electrons. The first-order valence-corrected chi connectivity index (χ1v) is 9.13. The van der Waals surface area contributed by atoms with Crippen molar-refractivity contribution in [2.75, 3.05) is 33.3 Å². The predicted molar refractivity (Wildman–Crippen MR) is 99.0 cm³/mol. The zero-order valence-corrected chi connectivity index (χ0v) is 15.4. The maximum Gasteiger partial charge on any atom is 0.309 e. The lowest BCUT2D eigenvalue weighted by Gasteiger charge is -2.33. The average molecular weight is 358 g/mol. The lowest BCUT2D eigenvalue weighted by atomic mass is 9.97. The zero-order chi connectivity index (χ0) is 18.4. The van der Waals surface area contributed by atoms with Crippen molar-refractivity contribution < 1.29 is 9.53 Å². The molecule has 0 bridgehead atoms. The number of pyridine rings is 1. The van der Waals surface area contributed by atoms with Crippen LogP contribution in [0.25, 0.3) is 5.65 Å². The molecule has 8 heteroatoms. The molecule has 0 aromatic carbocycles. The normalized spacial score (nSPS) is 16.1. The molecule has 0 saturated carbocycles. The summed E-state index contributed by atoms with van der Waals surface area (Å²) >= 11 is 0. The minimum absolute atomic E-state index is 0.00617. The molecule has 26 heavy (non-hydrogen) atoms. The SMILES string of the molecule is CCOC(=O)C1CCN(C(=NC)NCCc2nnc3ccccn23)CC1. The Morgan fingerprint density at radius 2 is 2.15 bits per heavy atom. The fraction of sp³-hybridized carbons (Fsp3) is 0.556. The van der Waals surface area contributed by atoms with Crippen molar-refractivity contribution in [2.24, 2.45) is 10.9 Å². The number of aliphatic imine (C=N–C) groups is 1. The van der Waals surface area contributed by atoms with E-state index in [1.54, 1.807) is 7.05 Å². The van der Waals surface area contributed by atoms with Gasteiger partial charge in [-0.05, 0) is 31.9 Å². The molecule has 8 nitrogen and oxygen atoms in total. The number of guanidine groups is 1. The van der Waals surface area contributed by atoms with E-state index in [0.29, 0.717) is 6.61 Å². The summed E-state index contributed by atoms with van der Waals surface area (Å²) in [6.45, 7) is 4.62. The molecule has 2 aromatic heterocycles. The number of carbonyl (C=O) groups is 1. The summed E-state index contributed by atoms with van der Waals surface area (Å²) in [6, 6.07) is 5.87. The minimum Gasteiger partial charge on any atom is -0.466 e. The van der Waals surface area contributed by atoms with E-state index >= 15 is 0 Å². The predicted octanol–water partition coefficient (Wildman–Crippen LogP) is 1.12. The Balaban J connectivity index is 1.49. The maximum absolute atomic E-state index is 11.9. The molecule has 140 valence electrons. The van der Waals surface area contributed by atoms with E-state index < -0.39 is 0 Å². The molecule has 0 unspecified atom stereocenters. The second-order valence-electron chi connectivity index (χ2n) is 6.28. The molecule has 3 heterocycles. The van der Waals surface area contributed by atoms with Crippen LogP contribution in [-0.4, -0.2) is 64.7 Å². The summed E-state index contributed by atoms with van der Waals surface area (Å²) in [5, 5.41) is 11.8. The Labute approximate surface area is 153 Å². The van der Waals surface area contributed by atoms with Crippen molar-refractivity contribution >= 4 is 17.6 Å². The van der Waals surface area contributed by atoms with Gasteiger partial charge in [-0.15, -0.1) is 10.2 Å². The second-order valence-corrected chi connectivity index (χ2v) is 6.28. The third-order valence-corrected chi connectivity index (χ3v) is 4.64. The van der Waals surface area contributed by atoms with E-state index in [1.165, 1.54) is 0 Å². The lowest BCUT2D eigenvalue weighted by molar-refractivity contribution is -0.149. The van der Waals surface area contributed by atoms with Gasteiger partial charge in [0.1, 0.15) is 5.82 Å². The van der Waals surface area contributed by atoms with Crippen LogP contribution in [0.1, 0.15) is 25.6 Å². The van der Waals surface area contributed by atoms with Crippen molar-refractivity contribution in [3.05, 3.63) is 30.2 Å². The van der Waals surface area contributed by atoms with Crippen LogP contribution < -0.4 is 5.32 Å². The number of hydrogen-bond donors (Lipinski definition) is 1. The Hall–Kier alpha value is -2.64. The van der Waals surface area contributed by atoms with Gasteiger partial charge in [-0.3, -0.25) is 14.2 Å².